The lowest BCUT2D eigenvalue weighted by atomic mass is 10.3. The molecule has 0 atom stereocenters. The lowest BCUT2D eigenvalue weighted by Gasteiger charge is -2.22. The Hall–Kier alpha value is -1.78. The van der Waals surface area contributed by atoms with Gasteiger partial charge in [-0.2, -0.15) is 4.98 Å². The largest absolute Gasteiger partial charge is 0.481 e. The maximum Gasteiger partial charge on any atom is 0.219 e. The molecule has 0 bridgehead atoms. The third-order valence-electron chi connectivity index (χ3n) is 3.18. The number of ether oxygens (including phenoxy) is 1. The quantitative estimate of drug-likeness (QED) is 0.788. The number of aromatic nitrogens is 1. The second-order valence-electron chi connectivity index (χ2n) is 4.38. The molecule has 0 spiro atoms. The Morgan fingerprint density at radius 3 is 2.83 bits per heavy atom. The van der Waals surface area contributed by atoms with E-state index in [1.54, 1.807) is 14.0 Å². The summed E-state index contributed by atoms with van der Waals surface area (Å²) in [5.74, 6) is 1.69. The molecule has 1 saturated heterocycles. The van der Waals surface area contributed by atoms with Gasteiger partial charge in [-0.1, -0.05) is 6.07 Å². The van der Waals surface area contributed by atoms with E-state index in [9.17, 15) is 4.79 Å². The summed E-state index contributed by atoms with van der Waals surface area (Å²) in [6, 6.07) is 5.75. The first-order valence-corrected chi connectivity index (χ1v) is 6.22. The first-order chi connectivity index (χ1) is 8.70. The molecule has 0 saturated carbocycles. The minimum Gasteiger partial charge on any atom is -0.481 e. The fraction of sp³-hybridized carbons (Fsp3) is 0.538. The molecule has 5 heteroatoms. The van der Waals surface area contributed by atoms with Gasteiger partial charge in [-0.25, -0.2) is 0 Å². The van der Waals surface area contributed by atoms with Gasteiger partial charge < -0.3 is 14.5 Å². The van der Waals surface area contributed by atoms with Crippen molar-refractivity contribution in [2.45, 2.75) is 13.3 Å². The molecule has 98 valence electrons. The molecule has 0 aliphatic carbocycles. The first-order valence-electron chi connectivity index (χ1n) is 6.22. The molecule has 18 heavy (non-hydrogen) atoms. The van der Waals surface area contributed by atoms with E-state index >= 15 is 0 Å². The molecule has 2 heterocycles. The Balaban J connectivity index is 2.07. The zero-order chi connectivity index (χ0) is 13.0. The zero-order valence-corrected chi connectivity index (χ0v) is 10.9. The van der Waals surface area contributed by atoms with E-state index in [1.165, 1.54) is 0 Å². The second kappa shape index (κ2) is 5.71. The van der Waals surface area contributed by atoms with Crippen molar-refractivity contribution in [1.82, 2.24) is 9.88 Å². The molecule has 0 unspecified atom stereocenters. The SMILES string of the molecule is COc1cccc(N2CCCN(C(C)=O)CC2)n1. The van der Waals surface area contributed by atoms with E-state index in [0.29, 0.717) is 5.88 Å². The fourth-order valence-electron chi connectivity index (χ4n) is 2.16. The summed E-state index contributed by atoms with van der Waals surface area (Å²) in [7, 11) is 1.62. The van der Waals surface area contributed by atoms with Gasteiger partial charge in [0.1, 0.15) is 5.82 Å². The van der Waals surface area contributed by atoms with Crippen molar-refractivity contribution >= 4 is 11.7 Å². The monoisotopic (exact) mass is 249 g/mol. The fourth-order valence-corrected chi connectivity index (χ4v) is 2.16. The van der Waals surface area contributed by atoms with Crippen LogP contribution in [0.15, 0.2) is 18.2 Å². The smallest absolute Gasteiger partial charge is 0.219 e. The van der Waals surface area contributed by atoms with Gasteiger partial charge in [0, 0.05) is 39.2 Å². The molecular formula is C13H19N3O2. The van der Waals surface area contributed by atoms with Crippen LogP contribution in [0.25, 0.3) is 0 Å². The van der Waals surface area contributed by atoms with Gasteiger partial charge >= 0.3 is 0 Å². The number of amides is 1. The van der Waals surface area contributed by atoms with Crippen LogP contribution in [0.2, 0.25) is 0 Å². The van der Waals surface area contributed by atoms with Crippen LogP contribution in [-0.4, -0.2) is 49.1 Å². The normalized spacial score (nSPS) is 16.3. The number of hydrogen-bond acceptors (Lipinski definition) is 4. The Morgan fingerprint density at radius 2 is 2.11 bits per heavy atom. The summed E-state index contributed by atoms with van der Waals surface area (Å²) in [6.45, 7) is 4.95. The maximum atomic E-state index is 11.4. The highest BCUT2D eigenvalue weighted by atomic mass is 16.5. The standard InChI is InChI=1S/C13H19N3O2/c1-11(17)15-7-4-8-16(10-9-15)12-5-3-6-13(14-12)18-2/h3,5-6H,4,7-10H2,1-2H3. The molecule has 1 aromatic heterocycles. The van der Waals surface area contributed by atoms with E-state index in [4.69, 9.17) is 4.74 Å². The lowest BCUT2D eigenvalue weighted by Crippen LogP contribution is -2.33. The van der Waals surface area contributed by atoms with Crippen molar-refractivity contribution < 1.29 is 9.53 Å². The summed E-state index contributed by atoms with van der Waals surface area (Å²) >= 11 is 0. The molecule has 1 aliphatic heterocycles. The van der Waals surface area contributed by atoms with Crippen molar-refractivity contribution in [2.75, 3.05) is 38.2 Å². The maximum absolute atomic E-state index is 11.4. The van der Waals surface area contributed by atoms with Crippen molar-refractivity contribution in [1.29, 1.82) is 0 Å². The van der Waals surface area contributed by atoms with Crippen LogP contribution in [0, 0.1) is 0 Å². The van der Waals surface area contributed by atoms with Gasteiger partial charge in [0.05, 0.1) is 7.11 Å². The number of nitrogens with zero attached hydrogens (tertiary/aromatic N) is 3. The number of hydrogen-bond donors (Lipinski definition) is 0. The number of pyridine rings is 1. The van der Waals surface area contributed by atoms with Crippen LogP contribution in [0.4, 0.5) is 5.82 Å². The second-order valence-corrected chi connectivity index (χ2v) is 4.38. The number of carbonyl (C=O) groups excluding carboxylic acids is 1. The lowest BCUT2D eigenvalue weighted by molar-refractivity contribution is -0.128. The number of anilines is 1. The highest BCUT2D eigenvalue weighted by Gasteiger charge is 2.17. The molecule has 1 aliphatic rings. The van der Waals surface area contributed by atoms with E-state index < -0.39 is 0 Å². The van der Waals surface area contributed by atoms with Crippen LogP contribution in [0.3, 0.4) is 0 Å². The van der Waals surface area contributed by atoms with E-state index in [-0.39, 0.29) is 5.91 Å². The number of rotatable bonds is 2. The summed E-state index contributed by atoms with van der Waals surface area (Å²) in [6.07, 6.45) is 0.971. The van der Waals surface area contributed by atoms with Crippen molar-refractivity contribution in [3.05, 3.63) is 18.2 Å². The first kappa shape index (κ1) is 12.7. The topological polar surface area (TPSA) is 45.7 Å². The van der Waals surface area contributed by atoms with Gasteiger partial charge in [0.15, 0.2) is 0 Å². The molecule has 0 radical (unpaired) electrons. The van der Waals surface area contributed by atoms with Gasteiger partial charge in [0.2, 0.25) is 11.8 Å². The summed E-state index contributed by atoms with van der Waals surface area (Å²) in [4.78, 5) is 19.9. The average molecular weight is 249 g/mol. The van der Waals surface area contributed by atoms with Crippen molar-refractivity contribution in [3.63, 3.8) is 0 Å². The van der Waals surface area contributed by atoms with Gasteiger partial charge in [-0.05, 0) is 12.5 Å². The van der Waals surface area contributed by atoms with E-state index in [0.717, 1.165) is 38.4 Å². The van der Waals surface area contributed by atoms with Crippen LogP contribution < -0.4 is 9.64 Å². The highest BCUT2D eigenvalue weighted by Crippen LogP contribution is 2.17. The zero-order valence-electron chi connectivity index (χ0n) is 10.9. The van der Waals surface area contributed by atoms with Crippen molar-refractivity contribution in [2.24, 2.45) is 0 Å². The van der Waals surface area contributed by atoms with Crippen LogP contribution >= 0.6 is 0 Å². The molecule has 2 rings (SSSR count). The minimum atomic E-state index is 0.149. The molecular weight excluding hydrogens is 230 g/mol. The predicted molar refractivity (Wildman–Crippen MR) is 69.9 cm³/mol. The predicted octanol–water partition coefficient (Wildman–Crippen LogP) is 1.15. The van der Waals surface area contributed by atoms with Gasteiger partial charge in [0.25, 0.3) is 0 Å². The Morgan fingerprint density at radius 1 is 1.28 bits per heavy atom. The Bertz CT molecular complexity index is 422. The van der Waals surface area contributed by atoms with Crippen LogP contribution in [-0.2, 0) is 4.79 Å². The molecule has 1 amide bonds. The van der Waals surface area contributed by atoms with E-state index in [2.05, 4.69) is 9.88 Å². The molecule has 1 fully saturated rings. The summed E-state index contributed by atoms with van der Waals surface area (Å²) in [5.41, 5.74) is 0. The minimum absolute atomic E-state index is 0.149. The van der Waals surface area contributed by atoms with Gasteiger partial charge in [-0.15, -0.1) is 0 Å². The molecule has 0 aromatic carbocycles. The third kappa shape index (κ3) is 2.91. The highest BCUT2D eigenvalue weighted by molar-refractivity contribution is 5.73. The number of carbonyl (C=O) groups is 1. The van der Waals surface area contributed by atoms with Crippen LogP contribution in [0.1, 0.15) is 13.3 Å². The molecule has 1 aromatic rings. The van der Waals surface area contributed by atoms with Crippen molar-refractivity contribution in [3.8, 4) is 5.88 Å². The molecule has 5 nitrogen and oxygen atoms in total. The van der Waals surface area contributed by atoms with Gasteiger partial charge in [-0.3, -0.25) is 4.79 Å². The Labute approximate surface area is 107 Å². The van der Waals surface area contributed by atoms with E-state index in [1.807, 2.05) is 23.1 Å². The third-order valence-corrected chi connectivity index (χ3v) is 3.18. The molecule has 0 N–H and O–H groups in total. The number of methoxy groups -OCH3 is 1. The summed E-state index contributed by atoms with van der Waals surface area (Å²) in [5, 5.41) is 0. The summed E-state index contributed by atoms with van der Waals surface area (Å²) < 4.78 is 5.13. The average Bonchev–Trinajstić information content (AvgIpc) is 2.64. The Kier molecular flexibility index (Phi) is 4.02. The van der Waals surface area contributed by atoms with Crippen LogP contribution in [0.5, 0.6) is 5.88 Å².